The van der Waals surface area contributed by atoms with Crippen LogP contribution >= 0.6 is 0 Å². The molecule has 1 aliphatic rings. The van der Waals surface area contributed by atoms with Crippen molar-refractivity contribution in [1.29, 1.82) is 0 Å². The van der Waals surface area contributed by atoms with Crippen molar-refractivity contribution in [3.05, 3.63) is 23.8 Å². The fraction of sp³-hybridized carbons (Fsp3) is 0.811. The lowest BCUT2D eigenvalue weighted by Crippen LogP contribution is -2.43. The van der Waals surface area contributed by atoms with Crippen molar-refractivity contribution in [1.82, 2.24) is 5.32 Å². The van der Waals surface area contributed by atoms with Crippen LogP contribution in [0.1, 0.15) is 130 Å². The van der Waals surface area contributed by atoms with Gasteiger partial charge in [0.25, 0.3) is 5.91 Å². The molecule has 1 aliphatic heterocycles. The quantitative estimate of drug-likeness (QED) is 0.266. The highest BCUT2D eigenvalue weighted by Gasteiger charge is 2.27. The van der Waals surface area contributed by atoms with Crippen LogP contribution in [0.4, 0.5) is 0 Å². The van der Waals surface area contributed by atoms with E-state index in [-0.39, 0.29) is 25.3 Å². The van der Waals surface area contributed by atoms with Crippen LogP contribution in [-0.4, -0.2) is 77.7 Å². The number of aliphatic hydroxyl groups excluding tert-OH is 3. The number of rotatable bonds is 5. The third-order valence-corrected chi connectivity index (χ3v) is 8.99. The molecule has 0 aromatic carbocycles. The Morgan fingerprint density at radius 2 is 1.61 bits per heavy atom. The average Bonchev–Trinajstić information content (AvgIpc) is 3.02. The van der Waals surface area contributed by atoms with Gasteiger partial charge in [-0.15, -0.1) is 0 Å². The van der Waals surface area contributed by atoms with Gasteiger partial charge in [-0.3, -0.25) is 14.4 Å². The van der Waals surface area contributed by atoms with Crippen molar-refractivity contribution in [2.24, 2.45) is 17.8 Å². The summed E-state index contributed by atoms with van der Waals surface area (Å²) in [6, 6.07) is 0. The molecule has 0 spiro atoms. The number of allylic oxidation sites excluding steroid dienone is 3. The molecule has 0 fully saturated rings. The number of esters is 1. The number of carbonyl (C=O) groups excluding carboxylic acids is 3. The molecule has 266 valence electrons. The van der Waals surface area contributed by atoms with Gasteiger partial charge in [0.2, 0.25) is 0 Å². The van der Waals surface area contributed by atoms with Crippen LogP contribution < -0.4 is 5.32 Å². The molecule has 1 heterocycles. The molecule has 0 radical (unpaired) electrons. The van der Waals surface area contributed by atoms with Crippen LogP contribution in [0.25, 0.3) is 0 Å². The maximum absolute atomic E-state index is 12.9. The number of Topliss-reactive ketones (excluding diaryl/α,β-unsaturated/α-hetero) is 1. The van der Waals surface area contributed by atoms with Gasteiger partial charge in [-0.1, -0.05) is 78.0 Å². The largest absolute Gasteiger partial charge is 0.452 e. The van der Waals surface area contributed by atoms with Gasteiger partial charge in [0.15, 0.2) is 6.10 Å². The van der Waals surface area contributed by atoms with Crippen molar-refractivity contribution >= 4 is 17.7 Å². The Kier molecular flexibility index (Phi) is 22.8. The van der Waals surface area contributed by atoms with Gasteiger partial charge < -0.3 is 30.1 Å². The van der Waals surface area contributed by atoms with Crippen LogP contribution in [-0.2, 0) is 23.9 Å². The molecule has 0 bridgehead atoms. The number of amides is 1. The molecule has 9 nitrogen and oxygen atoms in total. The molecule has 46 heavy (non-hydrogen) atoms. The van der Waals surface area contributed by atoms with Crippen LogP contribution in [0.2, 0.25) is 0 Å². The number of ketones is 1. The Morgan fingerprint density at radius 3 is 2.30 bits per heavy atom. The van der Waals surface area contributed by atoms with E-state index in [4.69, 9.17) is 9.47 Å². The van der Waals surface area contributed by atoms with Crippen molar-refractivity contribution in [3.8, 4) is 0 Å². The maximum Gasteiger partial charge on any atom is 0.309 e. The van der Waals surface area contributed by atoms with E-state index in [1.165, 1.54) is 0 Å². The molecule has 0 saturated carbocycles. The monoisotopic (exact) mass is 651 g/mol. The fourth-order valence-corrected chi connectivity index (χ4v) is 5.99. The highest BCUT2D eigenvalue weighted by atomic mass is 16.5. The predicted octanol–water partition coefficient (Wildman–Crippen LogP) is 5.98. The summed E-state index contributed by atoms with van der Waals surface area (Å²) in [7, 11) is 1.61. The molecule has 1 rings (SSSR count). The van der Waals surface area contributed by atoms with Gasteiger partial charge >= 0.3 is 5.97 Å². The van der Waals surface area contributed by atoms with Crippen molar-refractivity contribution in [3.63, 3.8) is 0 Å². The summed E-state index contributed by atoms with van der Waals surface area (Å²) < 4.78 is 10.9. The molecule has 0 aromatic heterocycles. The summed E-state index contributed by atoms with van der Waals surface area (Å²) in [5, 5.41) is 34.3. The Hall–Kier alpha value is -2.07. The van der Waals surface area contributed by atoms with Crippen LogP contribution in [0.3, 0.4) is 0 Å². The number of nitrogens with one attached hydrogen (secondary N) is 1. The molecular formula is C37H65NO8. The molecule has 7 atom stereocenters. The molecule has 0 saturated heterocycles. The van der Waals surface area contributed by atoms with Crippen molar-refractivity contribution < 1.29 is 39.2 Å². The Morgan fingerprint density at radius 1 is 0.891 bits per heavy atom. The van der Waals surface area contributed by atoms with Gasteiger partial charge in [0.1, 0.15) is 5.78 Å². The van der Waals surface area contributed by atoms with E-state index < -0.39 is 36.3 Å². The first-order valence-corrected chi connectivity index (χ1v) is 17.9. The van der Waals surface area contributed by atoms with Crippen molar-refractivity contribution in [2.45, 2.75) is 155 Å². The number of hydrogen-bond donors (Lipinski definition) is 4. The van der Waals surface area contributed by atoms with E-state index >= 15 is 0 Å². The number of methoxy groups -OCH3 is 1. The Balaban J connectivity index is 2.92. The third-order valence-electron chi connectivity index (χ3n) is 8.99. The lowest BCUT2D eigenvalue weighted by atomic mass is 9.92. The number of β-amino-alcohol motifs (C(OH)–C–C–N with tert-alkyl or cyclic N) is 1. The van der Waals surface area contributed by atoms with Gasteiger partial charge in [0.05, 0.1) is 30.8 Å². The number of aliphatic hydroxyl groups is 3. The lowest BCUT2D eigenvalue weighted by Gasteiger charge is -2.23. The first kappa shape index (κ1) is 42.0. The molecule has 1 amide bonds. The van der Waals surface area contributed by atoms with E-state index in [1.54, 1.807) is 7.11 Å². The summed E-state index contributed by atoms with van der Waals surface area (Å²) in [4.78, 5) is 38.2. The second-order valence-electron chi connectivity index (χ2n) is 13.5. The SMILES string of the molecule is CCC[C@@H]1OC(=O)[C@@H](C)C[C@@H](C)CCCCCCC(=O)CCC[C@H](CC)/C=C/C=C(\COC)CC[C@@H](O)[C@@H](O)C[C@H](O)CNC1=O. The van der Waals surface area contributed by atoms with E-state index in [1.807, 2.05) is 26.0 Å². The first-order chi connectivity index (χ1) is 22.0. The van der Waals surface area contributed by atoms with Gasteiger partial charge in [-0.2, -0.15) is 0 Å². The minimum Gasteiger partial charge on any atom is -0.452 e. The maximum atomic E-state index is 12.9. The number of cyclic esters (lactones) is 1. The average molecular weight is 652 g/mol. The zero-order valence-corrected chi connectivity index (χ0v) is 29.4. The highest BCUT2D eigenvalue weighted by molar-refractivity contribution is 5.84. The molecular weight excluding hydrogens is 586 g/mol. The van der Waals surface area contributed by atoms with Crippen LogP contribution in [0.15, 0.2) is 23.8 Å². The summed E-state index contributed by atoms with van der Waals surface area (Å²) >= 11 is 0. The summed E-state index contributed by atoms with van der Waals surface area (Å²) in [6.07, 6.45) is 13.4. The van der Waals surface area contributed by atoms with Gasteiger partial charge in [-0.05, 0) is 68.8 Å². The zero-order chi connectivity index (χ0) is 34.3. The first-order valence-electron chi connectivity index (χ1n) is 17.9. The second-order valence-corrected chi connectivity index (χ2v) is 13.5. The normalized spacial score (nSPS) is 32.4. The molecule has 9 heteroatoms. The Labute approximate surface area is 278 Å². The summed E-state index contributed by atoms with van der Waals surface area (Å²) in [5.41, 5.74) is 0.975. The van der Waals surface area contributed by atoms with E-state index in [2.05, 4.69) is 25.2 Å². The topological polar surface area (TPSA) is 142 Å². The van der Waals surface area contributed by atoms with Gasteiger partial charge in [0, 0.05) is 32.9 Å². The molecule has 4 N–H and O–H groups in total. The minimum atomic E-state index is -1.18. The van der Waals surface area contributed by atoms with E-state index in [0.717, 1.165) is 56.9 Å². The second kappa shape index (κ2) is 25.0. The standard InChI is InChI=1S/C37H65NO8/c1-6-14-35-36(43)38-25-32(40)24-34(42)33(41)22-21-30(26-45-5)18-12-16-29(7-2)17-13-20-31(39)19-11-9-8-10-15-27(3)23-28(4)37(44)46-35/h12,16,18,27-29,32-35,40-42H,6-11,13-15,17,19-26H2,1-5H3,(H,38,43)/b16-12+,30-18-/t27-,28-,29+,32-,33+,34-,35-/m0/s1. The van der Waals surface area contributed by atoms with Crippen LogP contribution in [0.5, 0.6) is 0 Å². The van der Waals surface area contributed by atoms with E-state index in [9.17, 15) is 29.7 Å². The smallest absolute Gasteiger partial charge is 0.309 e. The minimum absolute atomic E-state index is 0.113. The summed E-state index contributed by atoms with van der Waals surface area (Å²) in [5.74, 6) is -0.168. The lowest BCUT2D eigenvalue weighted by molar-refractivity contribution is -0.160. The highest BCUT2D eigenvalue weighted by Crippen LogP contribution is 2.22. The molecule has 0 unspecified atom stereocenters. The fourth-order valence-electron chi connectivity index (χ4n) is 5.99. The van der Waals surface area contributed by atoms with E-state index in [0.29, 0.717) is 62.8 Å². The Bertz CT molecular complexity index is 919. The number of ether oxygens (including phenoxy) is 2. The molecule has 0 aromatic rings. The van der Waals surface area contributed by atoms with Gasteiger partial charge in [-0.25, -0.2) is 0 Å². The van der Waals surface area contributed by atoms with Crippen LogP contribution in [0, 0.1) is 17.8 Å². The summed E-state index contributed by atoms with van der Waals surface area (Å²) in [6.45, 7) is 8.29. The number of hydrogen-bond acceptors (Lipinski definition) is 8. The van der Waals surface area contributed by atoms with Crippen molar-refractivity contribution in [2.75, 3.05) is 20.3 Å². The molecule has 0 aliphatic carbocycles. The third kappa shape index (κ3) is 18.9. The predicted molar refractivity (Wildman–Crippen MR) is 182 cm³/mol. The zero-order valence-electron chi connectivity index (χ0n) is 29.4. The number of carbonyl (C=O) groups is 3.